The molecule has 0 amide bonds. The third-order valence-corrected chi connectivity index (χ3v) is 4.59. The summed E-state index contributed by atoms with van der Waals surface area (Å²) in [6.45, 7) is -0.428. The Morgan fingerprint density at radius 3 is 1.67 bits per heavy atom. The summed E-state index contributed by atoms with van der Waals surface area (Å²) >= 11 is 0. The molecule has 9 heteroatoms. The molecular formula is C12H30O7Si2. The van der Waals surface area contributed by atoms with E-state index in [-0.39, 0.29) is 38.5 Å². The lowest BCUT2D eigenvalue weighted by Gasteiger charge is -2.09. The van der Waals surface area contributed by atoms with Crippen molar-refractivity contribution in [2.24, 2.45) is 0 Å². The van der Waals surface area contributed by atoms with Crippen LogP contribution in [0.1, 0.15) is 12.8 Å². The first-order valence-corrected chi connectivity index (χ1v) is 9.28. The number of aliphatic hydroxyl groups excluding tert-OH is 4. The van der Waals surface area contributed by atoms with Crippen LogP contribution in [0.2, 0.25) is 12.1 Å². The van der Waals surface area contributed by atoms with E-state index < -0.39 is 44.7 Å². The van der Waals surface area contributed by atoms with E-state index in [0.29, 0.717) is 12.8 Å². The molecule has 0 radical (unpaired) electrons. The minimum atomic E-state index is -3.64. The third-order valence-electron chi connectivity index (χ3n) is 2.32. The van der Waals surface area contributed by atoms with Gasteiger partial charge in [0.1, 0.15) is 31.5 Å². The fourth-order valence-corrected chi connectivity index (χ4v) is 2.99. The van der Waals surface area contributed by atoms with Crippen LogP contribution in [-0.4, -0.2) is 96.5 Å². The second-order valence-electron chi connectivity index (χ2n) is 4.42. The molecule has 2 atom stereocenters. The molecule has 0 saturated carbocycles. The highest BCUT2D eigenvalue weighted by Gasteiger charge is 2.02. The van der Waals surface area contributed by atoms with Crippen molar-refractivity contribution in [3.05, 3.63) is 0 Å². The highest BCUT2D eigenvalue weighted by Crippen LogP contribution is 1.95. The van der Waals surface area contributed by atoms with E-state index >= 15 is 0 Å². The monoisotopic (exact) mass is 350 g/mol. The maximum atomic E-state index is 9.09. The second-order valence-corrected chi connectivity index (χ2v) is 6.81. The molecule has 0 aliphatic carbocycles. The Hall–Kier alpha value is 0.154. The van der Waals surface area contributed by atoms with Gasteiger partial charge >= 0.3 is 0 Å². The molecule has 21 heavy (non-hydrogen) atoms. The zero-order valence-corrected chi connectivity index (χ0v) is 14.2. The zero-order valence-electron chi connectivity index (χ0n) is 16.2. The Kier molecular flexibility index (Phi) is 11.6. The van der Waals surface area contributed by atoms with E-state index in [0.717, 1.165) is 0 Å². The predicted molar refractivity (Wildman–Crippen MR) is 84.8 cm³/mol. The van der Waals surface area contributed by atoms with Crippen LogP contribution in [0.3, 0.4) is 0 Å². The molecule has 0 fully saturated rings. The summed E-state index contributed by atoms with van der Waals surface area (Å²) in [7, 11) is -7.27. The Morgan fingerprint density at radius 1 is 0.857 bits per heavy atom. The van der Waals surface area contributed by atoms with E-state index in [1.165, 1.54) is 0 Å². The van der Waals surface area contributed by atoms with Crippen molar-refractivity contribution >= 4 is 19.3 Å². The molecule has 0 spiro atoms. The maximum absolute atomic E-state index is 9.09. The first-order chi connectivity index (χ1) is 11.6. The summed E-state index contributed by atoms with van der Waals surface area (Å²) in [4.78, 5) is 0. The summed E-state index contributed by atoms with van der Waals surface area (Å²) in [5, 5.41) is 35.4. The average Bonchev–Trinajstić information content (AvgIpc) is 2.52. The SMILES string of the molecule is [3H][Si]([3H])(CCCOCC(O)CO)O[Si]([3H])([3H])CCCOCC(O)CO. The molecule has 0 aliphatic heterocycles. The van der Waals surface area contributed by atoms with Gasteiger partial charge in [-0.3, -0.25) is 0 Å². The number of ether oxygens (including phenoxy) is 2. The van der Waals surface area contributed by atoms with Crippen molar-refractivity contribution in [3.63, 3.8) is 0 Å². The Morgan fingerprint density at radius 2 is 1.29 bits per heavy atom. The molecule has 0 bridgehead atoms. The van der Waals surface area contributed by atoms with Crippen LogP contribution in [0.4, 0.5) is 0 Å². The first kappa shape index (κ1) is 14.7. The molecule has 7 nitrogen and oxygen atoms in total. The van der Waals surface area contributed by atoms with E-state index in [1.54, 1.807) is 0 Å². The topological polar surface area (TPSA) is 109 Å². The van der Waals surface area contributed by atoms with Crippen LogP contribution >= 0.6 is 0 Å². The van der Waals surface area contributed by atoms with Gasteiger partial charge in [-0.15, -0.1) is 0 Å². The highest BCUT2D eigenvalue weighted by atomic mass is 28.3. The normalized spacial score (nSPS) is 18.5. The molecule has 0 aliphatic rings. The molecule has 2 unspecified atom stereocenters. The van der Waals surface area contributed by atoms with Gasteiger partial charge in [-0.1, -0.05) is 0 Å². The van der Waals surface area contributed by atoms with Gasteiger partial charge in [-0.05, 0) is 24.9 Å². The molecule has 4 N–H and O–H groups in total. The minimum Gasteiger partial charge on any atom is -0.465 e. The average molecular weight is 351 g/mol. The number of hydrogen-bond acceptors (Lipinski definition) is 7. The highest BCUT2D eigenvalue weighted by molar-refractivity contribution is 6.42. The first-order valence-electron chi connectivity index (χ1n) is 9.05. The zero-order chi connectivity index (χ0) is 19.3. The molecule has 128 valence electrons. The lowest BCUT2D eigenvalue weighted by Crippen LogP contribution is -2.20. The number of rotatable bonds is 16. The van der Waals surface area contributed by atoms with E-state index in [4.69, 9.17) is 39.0 Å². The van der Waals surface area contributed by atoms with Crippen LogP contribution in [0, 0.1) is 0 Å². The molecule has 0 saturated heterocycles. The minimum absolute atomic E-state index is 0.0253. The van der Waals surface area contributed by atoms with Gasteiger partial charge < -0.3 is 34.0 Å². The van der Waals surface area contributed by atoms with E-state index in [9.17, 15) is 0 Å². The molecule has 0 aromatic heterocycles. The standard InChI is InChI=1S/C12H30O7Si2/c13-7-11(15)9-17-3-1-5-20-19-21-6-2-4-18-10-12(16)8-14/h11-16H,1-10,20-21H2/i20T2,21T2. The van der Waals surface area contributed by atoms with Gasteiger partial charge in [-0.2, -0.15) is 0 Å². The van der Waals surface area contributed by atoms with Crippen LogP contribution in [0.25, 0.3) is 0 Å². The predicted octanol–water partition coefficient (Wildman–Crippen LogP) is -2.47. The molecule has 0 rings (SSSR count). The maximum Gasteiger partial charge on any atom is 0.146 e. The summed E-state index contributed by atoms with van der Waals surface area (Å²) < 4.78 is 46.9. The van der Waals surface area contributed by atoms with E-state index in [2.05, 4.69) is 0 Å². The van der Waals surface area contributed by atoms with Crippen LogP contribution < -0.4 is 0 Å². The second kappa shape index (κ2) is 16.5. The van der Waals surface area contributed by atoms with Gasteiger partial charge in [0.05, 0.1) is 26.4 Å². The Bertz CT molecular complexity index is 313. The van der Waals surface area contributed by atoms with Crippen molar-refractivity contribution in [3.8, 4) is 0 Å². The third kappa shape index (κ3) is 16.4. The lowest BCUT2D eigenvalue weighted by atomic mass is 10.4. The van der Waals surface area contributed by atoms with Gasteiger partial charge in [0.2, 0.25) is 0 Å². The van der Waals surface area contributed by atoms with Crippen LogP contribution in [0.5, 0.6) is 0 Å². The number of hydrogen-bond donors (Lipinski definition) is 4. The van der Waals surface area contributed by atoms with Gasteiger partial charge in [-0.25, -0.2) is 0 Å². The Balaban J connectivity index is 3.91. The molecule has 0 aromatic rings. The number of aliphatic hydroxyl groups is 4. The molecular weight excluding hydrogens is 312 g/mol. The van der Waals surface area contributed by atoms with Crippen molar-refractivity contribution in [1.82, 2.24) is 0 Å². The van der Waals surface area contributed by atoms with Crippen molar-refractivity contribution in [2.45, 2.75) is 37.1 Å². The van der Waals surface area contributed by atoms with Crippen LogP contribution in [-0.2, 0) is 13.6 Å². The summed E-state index contributed by atoms with van der Waals surface area (Å²) in [5.41, 5.74) is 0. The largest absolute Gasteiger partial charge is 0.465 e. The van der Waals surface area contributed by atoms with Gasteiger partial charge in [0.25, 0.3) is 0 Å². The van der Waals surface area contributed by atoms with Crippen LogP contribution in [0.15, 0.2) is 0 Å². The summed E-state index contributed by atoms with van der Waals surface area (Å²) in [6.07, 6.45) is -1.20. The molecule has 0 heterocycles. The Labute approximate surface area is 136 Å². The van der Waals surface area contributed by atoms with Crippen molar-refractivity contribution in [1.29, 1.82) is 4.94 Å². The van der Waals surface area contributed by atoms with Crippen molar-refractivity contribution in [2.75, 3.05) is 39.6 Å². The van der Waals surface area contributed by atoms with E-state index in [1.807, 2.05) is 0 Å². The summed E-state index contributed by atoms with van der Waals surface area (Å²) in [6, 6.07) is 0.182. The fraction of sp³-hybridized carbons (Fsp3) is 1.00. The summed E-state index contributed by atoms with van der Waals surface area (Å²) in [5.74, 6) is 0. The lowest BCUT2D eigenvalue weighted by molar-refractivity contribution is 0.00640. The fourth-order valence-electron chi connectivity index (χ4n) is 1.19. The smallest absolute Gasteiger partial charge is 0.146 e. The van der Waals surface area contributed by atoms with Gasteiger partial charge in [0.15, 0.2) is 0 Å². The molecule has 0 aromatic carbocycles. The quantitative estimate of drug-likeness (QED) is 0.180. The van der Waals surface area contributed by atoms with Crippen molar-refractivity contribution < 1.29 is 34.0 Å². The van der Waals surface area contributed by atoms with Gasteiger partial charge in [0, 0.05) is 18.2 Å².